The molecule has 2 bridgehead atoms. The Kier molecular flexibility index (Phi) is 34.0. The molecule has 3 aliphatic rings. The lowest BCUT2D eigenvalue weighted by Crippen LogP contribution is -2.60. The van der Waals surface area contributed by atoms with Gasteiger partial charge in [-0.1, -0.05) is 130 Å². The van der Waals surface area contributed by atoms with Crippen LogP contribution in [0.4, 0.5) is 0 Å². The Labute approximate surface area is 568 Å². The Hall–Kier alpha value is -5.24. The molecule has 2 aliphatic heterocycles. The first-order valence-electron chi connectivity index (χ1n) is 34.4. The van der Waals surface area contributed by atoms with E-state index >= 15 is 0 Å². The van der Waals surface area contributed by atoms with Crippen molar-refractivity contribution in [1.29, 1.82) is 0 Å². The molecule has 94 heavy (non-hydrogen) atoms. The van der Waals surface area contributed by atoms with Gasteiger partial charge in [0.05, 0.1) is 111 Å². The number of ether oxygens (including phenoxy) is 5. The van der Waals surface area contributed by atoms with E-state index in [4.69, 9.17) is 38.9 Å². The van der Waals surface area contributed by atoms with Crippen molar-refractivity contribution in [2.75, 3.05) is 87.6 Å². The number of thioether (sulfide) groups is 2. The molecule has 0 radical (unpaired) electrons. The fraction of sp³-hybridized carbons (Fsp3) is 0.690. The summed E-state index contributed by atoms with van der Waals surface area (Å²) in [5, 5.41) is 19.5. The van der Waals surface area contributed by atoms with Crippen molar-refractivity contribution in [2.45, 2.75) is 203 Å². The maximum absolute atomic E-state index is 14.8. The van der Waals surface area contributed by atoms with E-state index < -0.39 is 54.2 Å². The zero-order valence-corrected chi connectivity index (χ0v) is 59.6. The fourth-order valence-electron chi connectivity index (χ4n) is 13.3. The minimum Gasteiger partial charge on any atom is -0.379 e. The van der Waals surface area contributed by atoms with Crippen molar-refractivity contribution >= 4 is 70.0 Å². The van der Waals surface area contributed by atoms with Crippen LogP contribution in [-0.4, -0.2) is 206 Å². The molecule has 11 atom stereocenters. The van der Waals surface area contributed by atoms with Crippen LogP contribution in [0.15, 0.2) is 60.7 Å². The van der Waals surface area contributed by atoms with E-state index in [0.717, 1.165) is 39.5 Å². The van der Waals surface area contributed by atoms with Gasteiger partial charge in [-0.3, -0.25) is 38.9 Å². The van der Waals surface area contributed by atoms with Gasteiger partial charge in [-0.25, -0.2) is 15.4 Å². The van der Waals surface area contributed by atoms with E-state index in [0.29, 0.717) is 101 Å². The minimum atomic E-state index is -0.876. The van der Waals surface area contributed by atoms with Crippen molar-refractivity contribution in [3.05, 3.63) is 83.2 Å². The van der Waals surface area contributed by atoms with Crippen molar-refractivity contribution in [1.82, 2.24) is 46.1 Å². The maximum atomic E-state index is 14.8. The minimum absolute atomic E-state index is 0.0386. The summed E-state index contributed by atoms with van der Waals surface area (Å²) in [7, 11) is 6.67. The first-order valence-corrected chi connectivity index (χ1v) is 36.5. The van der Waals surface area contributed by atoms with E-state index in [-0.39, 0.29) is 53.7 Å². The van der Waals surface area contributed by atoms with Crippen LogP contribution in [0.1, 0.15) is 159 Å². The number of likely N-dealkylation sites (tertiary alicyclic amines) is 1. The van der Waals surface area contributed by atoms with Crippen LogP contribution in [0.3, 0.4) is 0 Å². The second-order valence-corrected chi connectivity index (χ2v) is 28.9. The smallest absolute Gasteiger partial charge is 0.267 e. The van der Waals surface area contributed by atoms with Crippen LogP contribution in [0.25, 0.3) is 11.0 Å². The molecule has 1 aromatic heterocycles. The number of carbonyl (C=O) groups excluding carboxylic acids is 6. The molecular weight excluding hydrogens is 1230 g/mol. The lowest BCUT2D eigenvalue weighted by Gasteiger charge is -2.41. The molecule has 3 heterocycles. The van der Waals surface area contributed by atoms with Crippen LogP contribution in [0.2, 0.25) is 0 Å². The number of aromatic nitrogens is 2. The van der Waals surface area contributed by atoms with Crippen LogP contribution >= 0.6 is 23.5 Å². The average molecular weight is 1350 g/mol. The van der Waals surface area contributed by atoms with Gasteiger partial charge in [-0.05, 0) is 87.1 Å². The normalized spacial score (nSPS) is 19.9. The first-order chi connectivity index (χ1) is 45.3. The summed E-state index contributed by atoms with van der Waals surface area (Å²) in [6.45, 7) is 16.9. The summed E-state index contributed by atoms with van der Waals surface area (Å²) >= 11 is 4.10. The zero-order valence-electron chi connectivity index (χ0n) is 57.9. The molecule has 524 valence electrons. The second-order valence-electron chi connectivity index (χ2n) is 26.3. The number of fused-ring (bicyclic) bond motifs is 4. The number of likely N-dealkylation sites (N-methyl/N-ethyl adjacent to an activating group) is 2. The van der Waals surface area contributed by atoms with Gasteiger partial charge < -0.3 is 49.4 Å². The molecule has 1 saturated carbocycles. The van der Waals surface area contributed by atoms with Gasteiger partial charge in [-0.15, -0.1) is 0 Å². The monoisotopic (exact) mass is 1350 g/mol. The molecule has 0 spiro atoms. The highest BCUT2D eigenvalue weighted by Crippen LogP contribution is 2.38. The van der Waals surface area contributed by atoms with Gasteiger partial charge >= 0.3 is 0 Å². The van der Waals surface area contributed by atoms with Crippen molar-refractivity contribution in [3.63, 3.8) is 0 Å². The molecule has 2 unspecified atom stereocenters. The Balaban J connectivity index is 0.917. The third kappa shape index (κ3) is 24.1. The largest absolute Gasteiger partial charge is 0.379 e. The molecule has 23 heteroatoms. The fourth-order valence-corrected chi connectivity index (χ4v) is 16.1. The molecule has 2 aromatic carbocycles. The van der Waals surface area contributed by atoms with E-state index in [9.17, 15) is 28.8 Å². The molecule has 6 rings (SSSR count). The number of benzene rings is 2. The number of hydrogen-bond acceptors (Lipinski definition) is 17. The number of hydrogen-bond donors (Lipinski definition) is 5. The molecule has 5 N–H and O–H groups in total. The van der Waals surface area contributed by atoms with Crippen molar-refractivity contribution < 1.29 is 57.7 Å². The lowest BCUT2D eigenvalue weighted by atomic mass is 9.89. The number of nitrogens with one attached hydrogen (secondary N) is 4. The highest BCUT2D eigenvalue weighted by molar-refractivity contribution is 8.00. The number of rotatable bonds is 35. The SMILES string of the molecule is CC[C@H](C)[C@@H]([C@@H](CC(=O)N1CCC[C@H]1[C@H](OC)[C@@H](C)C(=O)N[C@H](/C=C/C(=O)NO)Cc1ccccc1)OC)N(C)C(=O)[C@@H](NC(=O)[C@H](C(C)C)N(C)CCOCCOCCOCCNC(=O)c1ccc2nc3c(nc2c1)CSC1CCCCCCCCC(C1)SC3)C(C)C. The molecule has 21 nitrogen and oxygen atoms in total. The topological polar surface area (TPSA) is 252 Å². The third-order valence-electron chi connectivity index (χ3n) is 18.8. The van der Waals surface area contributed by atoms with E-state index in [1.807, 2.05) is 114 Å². The molecule has 1 saturated heterocycles. The number of carbonyl (C=O) groups is 6. The molecule has 6 amide bonds. The standard InChI is InChI=1S/C71H111N9O12S2/c1-12-49(6)66(61(88-10)44-63(82)80-33-22-27-60(80)67(89-11)50(7)68(83)73-53(29-31-62(81)77-87)41-51-23-18-17-19-24-51)79(9)71(86)64(47(2)3)76-70(85)65(48(4)5)78(8)34-36-91-38-40-92-39-37-90-35-32-72-69(84)52-28-30-56-57(42-52)75-59-46-94-55-26-21-16-14-13-15-20-25-54(43-55)93-45-58(59)74-56/h17-19,23-24,28-31,42,47-50,53-55,60-61,64-67,87H,12-16,20-22,25-27,32-41,43-46H2,1-11H3,(H,72,84)(H,73,83)(H,76,85)(H,77,81)/b31-29+/t49-,50+,53+,54?,55?,60-,61+,64-,65-,66-,67+/m0/s1. The number of methoxy groups -OCH3 is 2. The van der Waals surface area contributed by atoms with E-state index in [1.54, 1.807) is 36.4 Å². The summed E-state index contributed by atoms with van der Waals surface area (Å²) in [5.41, 5.74) is 6.76. The van der Waals surface area contributed by atoms with Gasteiger partial charge in [-0.2, -0.15) is 23.5 Å². The zero-order chi connectivity index (χ0) is 68.1. The summed E-state index contributed by atoms with van der Waals surface area (Å²) in [4.78, 5) is 98.3. The molecule has 2 fully saturated rings. The highest BCUT2D eigenvalue weighted by atomic mass is 32.2. The van der Waals surface area contributed by atoms with Crippen LogP contribution in [0.5, 0.6) is 0 Å². The summed E-state index contributed by atoms with van der Waals surface area (Å²) in [6.07, 6.45) is 15.5. The number of hydroxylamine groups is 1. The maximum Gasteiger partial charge on any atom is 0.267 e. The number of nitrogens with zero attached hydrogens (tertiary/aromatic N) is 5. The Bertz CT molecular complexity index is 2860. The summed E-state index contributed by atoms with van der Waals surface area (Å²) in [6, 6.07) is 12.1. The summed E-state index contributed by atoms with van der Waals surface area (Å²) in [5.74, 6) is -1.45. The van der Waals surface area contributed by atoms with E-state index in [2.05, 4.69) is 27.7 Å². The van der Waals surface area contributed by atoms with E-state index in [1.165, 1.54) is 77.0 Å². The van der Waals surface area contributed by atoms with Gasteiger partial charge in [0.15, 0.2) is 0 Å². The van der Waals surface area contributed by atoms with Crippen molar-refractivity contribution in [2.24, 2.45) is 23.7 Å². The lowest BCUT2D eigenvalue weighted by molar-refractivity contribution is -0.148. The van der Waals surface area contributed by atoms with Gasteiger partial charge in [0.1, 0.15) is 6.04 Å². The Morgan fingerprint density at radius 3 is 1.97 bits per heavy atom. The molecular formula is C71H111N9O12S2. The average Bonchev–Trinajstić information content (AvgIpc) is 1.24. The van der Waals surface area contributed by atoms with Crippen molar-refractivity contribution in [3.8, 4) is 0 Å². The van der Waals surface area contributed by atoms with Crippen LogP contribution in [0, 0.1) is 23.7 Å². The quantitative estimate of drug-likeness (QED) is 0.0159. The third-order valence-corrected chi connectivity index (χ3v) is 21.4. The predicted octanol–water partition coefficient (Wildman–Crippen LogP) is 8.96. The van der Waals surface area contributed by atoms with Crippen LogP contribution < -0.4 is 21.4 Å². The van der Waals surface area contributed by atoms with Gasteiger partial charge in [0, 0.05) is 74.5 Å². The molecule has 3 aromatic rings. The van der Waals surface area contributed by atoms with Gasteiger partial charge in [0.2, 0.25) is 23.6 Å². The Morgan fingerprint density at radius 1 is 0.734 bits per heavy atom. The first kappa shape index (κ1) is 77.8. The second kappa shape index (κ2) is 41.1. The highest BCUT2D eigenvalue weighted by Gasteiger charge is 2.44. The molecule has 1 aliphatic carbocycles. The van der Waals surface area contributed by atoms with Gasteiger partial charge in [0.25, 0.3) is 11.8 Å². The number of amides is 6. The van der Waals surface area contributed by atoms with Crippen LogP contribution in [-0.2, 0) is 65.6 Å². The Morgan fingerprint density at radius 2 is 1.36 bits per heavy atom. The predicted molar refractivity (Wildman–Crippen MR) is 371 cm³/mol. The summed E-state index contributed by atoms with van der Waals surface area (Å²) < 4.78 is 29.6.